The third-order valence-corrected chi connectivity index (χ3v) is 5.84. The van der Waals surface area contributed by atoms with Crippen molar-refractivity contribution in [3.8, 4) is 16.2 Å². The van der Waals surface area contributed by atoms with Gasteiger partial charge >= 0.3 is 13.1 Å². The molecule has 8 heteroatoms. The molecule has 3 aromatic rings. The monoisotopic (exact) mass is 408 g/mol. The second-order valence-electron chi connectivity index (χ2n) is 4.62. The number of hydrogen-bond donors (Lipinski definition) is 2. The number of ether oxygens (including phenoxy) is 1. The number of carbonyl (C=O) groups is 1. The van der Waals surface area contributed by atoms with E-state index in [1.54, 1.807) is 23.5 Å². The van der Waals surface area contributed by atoms with Crippen molar-refractivity contribution >= 4 is 56.5 Å². The Bertz CT molecular complexity index is 826. The molecule has 0 bridgehead atoms. The first-order chi connectivity index (χ1) is 11.0. The number of esters is 1. The Balaban J connectivity index is 1.71. The first kappa shape index (κ1) is 16.4. The molecular formula is C15H10BBrO4S2. The van der Waals surface area contributed by atoms with E-state index in [4.69, 9.17) is 14.8 Å². The highest BCUT2D eigenvalue weighted by atomic mass is 79.9. The lowest BCUT2D eigenvalue weighted by atomic mass is 9.90. The SMILES string of the molecule is O=C(Oc1ccc(-c2cc(Br)cs2)cc1)c1ccc(B(O)O)s1. The van der Waals surface area contributed by atoms with Gasteiger partial charge in [0.25, 0.3) is 0 Å². The van der Waals surface area contributed by atoms with Crippen LogP contribution in [0.5, 0.6) is 5.75 Å². The van der Waals surface area contributed by atoms with E-state index < -0.39 is 13.1 Å². The fourth-order valence-corrected chi connectivity index (χ4v) is 4.10. The average Bonchev–Trinajstić information content (AvgIpc) is 3.17. The first-order valence-electron chi connectivity index (χ1n) is 6.55. The van der Waals surface area contributed by atoms with Crippen LogP contribution in [0.3, 0.4) is 0 Å². The lowest BCUT2D eigenvalue weighted by molar-refractivity contribution is 0.0740. The standard InChI is InChI=1S/C15H10BBrO4S2/c17-10-7-13(22-8-10)9-1-3-11(4-2-9)21-15(18)12-5-6-14(23-12)16(19)20/h1-8,19-20H. The predicted molar refractivity (Wildman–Crippen MR) is 96.6 cm³/mol. The number of hydrogen-bond acceptors (Lipinski definition) is 6. The Labute approximate surface area is 149 Å². The minimum Gasteiger partial charge on any atom is -0.423 e. The van der Waals surface area contributed by atoms with Crippen molar-refractivity contribution in [2.24, 2.45) is 0 Å². The highest BCUT2D eigenvalue weighted by Crippen LogP contribution is 2.31. The summed E-state index contributed by atoms with van der Waals surface area (Å²) < 4.78 is 6.63. The van der Waals surface area contributed by atoms with Crippen LogP contribution >= 0.6 is 38.6 Å². The normalized spacial score (nSPS) is 10.6. The van der Waals surface area contributed by atoms with Crippen LogP contribution in [0.2, 0.25) is 0 Å². The van der Waals surface area contributed by atoms with Crippen LogP contribution < -0.4 is 9.51 Å². The molecule has 0 saturated heterocycles. The second kappa shape index (κ2) is 6.98. The van der Waals surface area contributed by atoms with Gasteiger partial charge in [0.2, 0.25) is 0 Å². The molecule has 0 spiro atoms. The van der Waals surface area contributed by atoms with Gasteiger partial charge in [0, 0.05) is 19.5 Å². The van der Waals surface area contributed by atoms with Gasteiger partial charge < -0.3 is 14.8 Å². The van der Waals surface area contributed by atoms with Crippen LogP contribution in [0.15, 0.2) is 52.3 Å². The molecule has 0 radical (unpaired) electrons. The van der Waals surface area contributed by atoms with Gasteiger partial charge in [-0.2, -0.15) is 0 Å². The van der Waals surface area contributed by atoms with E-state index in [0.717, 1.165) is 26.3 Å². The molecule has 0 fully saturated rings. The zero-order valence-corrected chi connectivity index (χ0v) is 14.8. The highest BCUT2D eigenvalue weighted by Gasteiger charge is 2.18. The van der Waals surface area contributed by atoms with E-state index in [9.17, 15) is 4.79 Å². The van der Waals surface area contributed by atoms with Crippen molar-refractivity contribution in [2.45, 2.75) is 0 Å². The highest BCUT2D eigenvalue weighted by molar-refractivity contribution is 9.10. The van der Waals surface area contributed by atoms with Gasteiger partial charge in [0.15, 0.2) is 0 Å². The molecule has 0 unspecified atom stereocenters. The van der Waals surface area contributed by atoms with Crippen molar-refractivity contribution in [3.63, 3.8) is 0 Å². The van der Waals surface area contributed by atoms with Crippen molar-refractivity contribution < 1.29 is 19.6 Å². The molecule has 0 aliphatic heterocycles. The van der Waals surface area contributed by atoms with Gasteiger partial charge in [0.05, 0.1) is 0 Å². The molecule has 2 aromatic heterocycles. The van der Waals surface area contributed by atoms with Crippen LogP contribution in [0.25, 0.3) is 10.4 Å². The minimum absolute atomic E-state index is 0.301. The Morgan fingerprint density at radius 2 is 1.87 bits per heavy atom. The van der Waals surface area contributed by atoms with Crippen molar-refractivity contribution in [2.75, 3.05) is 0 Å². The summed E-state index contributed by atoms with van der Waals surface area (Å²) in [6, 6.07) is 12.3. The molecule has 0 aliphatic rings. The number of thiophene rings is 2. The molecule has 2 heterocycles. The zero-order chi connectivity index (χ0) is 16.4. The summed E-state index contributed by atoms with van der Waals surface area (Å²) in [6.45, 7) is 0. The molecule has 0 atom stereocenters. The molecule has 116 valence electrons. The molecule has 4 nitrogen and oxygen atoms in total. The lowest BCUT2D eigenvalue weighted by Gasteiger charge is -2.04. The molecule has 1 aromatic carbocycles. The average molecular weight is 409 g/mol. The summed E-state index contributed by atoms with van der Waals surface area (Å²) >= 11 is 6.04. The third kappa shape index (κ3) is 3.91. The molecular weight excluding hydrogens is 399 g/mol. The maximum absolute atomic E-state index is 12.0. The maximum Gasteiger partial charge on any atom is 0.499 e. The van der Waals surface area contributed by atoms with Gasteiger partial charge in [-0.1, -0.05) is 6.07 Å². The lowest BCUT2D eigenvalue weighted by Crippen LogP contribution is -2.26. The smallest absolute Gasteiger partial charge is 0.423 e. The maximum atomic E-state index is 12.0. The van der Waals surface area contributed by atoms with Crippen LogP contribution in [-0.4, -0.2) is 23.1 Å². The van der Waals surface area contributed by atoms with E-state index >= 15 is 0 Å². The van der Waals surface area contributed by atoms with E-state index in [1.807, 2.05) is 23.6 Å². The Kier molecular flexibility index (Phi) is 4.98. The van der Waals surface area contributed by atoms with Crippen molar-refractivity contribution in [3.05, 3.63) is 57.2 Å². The van der Waals surface area contributed by atoms with Crippen molar-refractivity contribution in [1.29, 1.82) is 0 Å². The third-order valence-electron chi connectivity index (χ3n) is 3.00. The molecule has 23 heavy (non-hydrogen) atoms. The Hall–Kier alpha value is -1.45. The van der Waals surface area contributed by atoms with Gasteiger partial charge in [-0.3, -0.25) is 0 Å². The predicted octanol–water partition coefficient (Wildman–Crippen LogP) is 3.14. The summed E-state index contributed by atoms with van der Waals surface area (Å²) in [7, 11) is -1.58. The zero-order valence-electron chi connectivity index (χ0n) is 11.6. The van der Waals surface area contributed by atoms with Gasteiger partial charge in [-0.05, 0) is 57.9 Å². The van der Waals surface area contributed by atoms with Crippen LogP contribution in [0.4, 0.5) is 0 Å². The van der Waals surface area contributed by atoms with E-state index in [2.05, 4.69) is 15.9 Å². The number of halogens is 1. The molecule has 0 saturated carbocycles. The van der Waals surface area contributed by atoms with Crippen LogP contribution in [-0.2, 0) is 0 Å². The number of carbonyl (C=O) groups excluding carboxylic acids is 1. The van der Waals surface area contributed by atoms with E-state index in [1.165, 1.54) is 12.1 Å². The second-order valence-corrected chi connectivity index (χ2v) is 7.56. The Morgan fingerprint density at radius 1 is 1.13 bits per heavy atom. The summed E-state index contributed by atoms with van der Waals surface area (Å²) in [5.74, 6) is -0.0811. The molecule has 2 N–H and O–H groups in total. The van der Waals surface area contributed by atoms with E-state index in [-0.39, 0.29) is 0 Å². The summed E-state index contributed by atoms with van der Waals surface area (Å²) in [5, 5.41) is 20.1. The van der Waals surface area contributed by atoms with Crippen LogP contribution in [0, 0.1) is 0 Å². The van der Waals surface area contributed by atoms with Gasteiger partial charge in [-0.25, -0.2) is 4.79 Å². The topological polar surface area (TPSA) is 66.8 Å². The first-order valence-corrected chi connectivity index (χ1v) is 9.04. The molecule has 0 amide bonds. The fourth-order valence-electron chi connectivity index (χ4n) is 1.91. The summed E-state index contributed by atoms with van der Waals surface area (Å²) in [6.07, 6.45) is 0. The van der Waals surface area contributed by atoms with Crippen molar-refractivity contribution in [1.82, 2.24) is 0 Å². The summed E-state index contributed by atoms with van der Waals surface area (Å²) in [4.78, 5) is 13.5. The molecule has 3 rings (SSSR count). The summed E-state index contributed by atoms with van der Waals surface area (Å²) in [5.41, 5.74) is 1.04. The fraction of sp³-hybridized carbons (Fsp3) is 0. The quantitative estimate of drug-likeness (QED) is 0.395. The van der Waals surface area contributed by atoms with E-state index in [0.29, 0.717) is 15.4 Å². The number of rotatable bonds is 4. The Morgan fingerprint density at radius 3 is 2.43 bits per heavy atom. The largest absolute Gasteiger partial charge is 0.499 e. The van der Waals surface area contributed by atoms with Gasteiger partial charge in [0.1, 0.15) is 10.6 Å². The van der Waals surface area contributed by atoms with Gasteiger partial charge in [-0.15, -0.1) is 22.7 Å². The number of benzene rings is 1. The van der Waals surface area contributed by atoms with Crippen LogP contribution in [0.1, 0.15) is 9.67 Å². The minimum atomic E-state index is -1.58. The molecule has 0 aliphatic carbocycles.